The lowest BCUT2D eigenvalue weighted by atomic mass is 10.1. The molecule has 0 radical (unpaired) electrons. The summed E-state index contributed by atoms with van der Waals surface area (Å²) in [5, 5.41) is 3.12. The molecule has 2 aromatic rings. The van der Waals surface area contributed by atoms with Crippen LogP contribution in [0.3, 0.4) is 0 Å². The number of nitrogens with one attached hydrogen (secondary N) is 1. The number of nitrogens with two attached hydrogens (primary N) is 1. The average Bonchev–Trinajstić information content (AvgIpc) is 2.37. The van der Waals surface area contributed by atoms with Gasteiger partial charge < -0.3 is 11.1 Å². The van der Waals surface area contributed by atoms with Crippen molar-refractivity contribution in [1.29, 1.82) is 0 Å². The van der Waals surface area contributed by atoms with E-state index in [1.807, 2.05) is 19.1 Å². The first-order valence-electron chi connectivity index (χ1n) is 5.81. The molecule has 1 aromatic carbocycles. The highest BCUT2D eigenvalue weighted by Gasteiger charge is 2.10. The molecule has 1 aromatic heterocycles. The van der Waals surface area contributed by atoms with Gasteiger partial charge in [0.25, 0.3) is 0 Å². The molecular weight excluding hydrogens is 261 g/mol. The Kier molecular flexibility index (Phi) is 4.06. The number of hydrogen-bond acceptors (Lipinski definition) is 3. The number of hydrogen-bond donors (Lipinski definition) is 2. The average molecular weight is 275 g/mol. The van der Waals surface area contributed by atoms with Crippen LogP contribution in [-0.2, 0) is 6.54 Å². The predicted molar refractivity (Wildman–Crippen MR) is 78.6 cm³/mol. The van der Waals surface area contributed by atoms with Gasteiger partial charge in [-0.1, -0.05) is 24.4 Å². The van der Waals surface area contributed by atoms with Crippen molar-refractivity contribution in [2.45, 2.75) is 13.5 Å². The molecule has 19 heavy (non-hydrogen) atoms. The van der Waals surface area contributed by atoms with E-state index in [0.717, 1.165) is 11.3 Å². The number of thiocarbonyl (C=S) groups is 1. The highest BCUT2D eigenvalue weighted by Crippen LogP contribution is 2.19. The van der Waals surface area contributed by atoms with Gasteiger partial charge in [0.1, 0.15) is 10.8 Å². The van der Waals surface area contributed by atoms with E-state index in [9.17, 15) is 4.39 Å². The van der Waals surface area contributed by atoms with E-state index in [2.05, 4.69) is 10.3 Å². The van der Waals surface area contributed by atoms with E-state index in [1.165, 1.54) is 6.07 Å². The van der Waals surface area contributed by atoms with E-state index in [0.29, 0.717) is 12.2 Å². The summed E-state index contributed by atoms with van der Waals surface area (Å²) in [6.45, 7) is 2.46. The predicted octanol–water partition coefficient (Wildman–Crippen LogP) is 2.78. The fraction of sp³-hybridized carbons (Fsp3) is 0.143. The molecule has 5 heteroatoms. The Morgan fingerprint density at radius 1 is 1.37 bits per heavy atom. The summed E-state index contributed by atoms with van der Waals surface area (Å²) in [4.78, 5) is 4.25. The molecule has 0 saturated heterocycles. The number of aromatic nitrogens is 1. The molecule has 2 rings (SSSR count). The van der Waals surface area contributed by atoms with E-state index in [1.54, 1.807) is 18.3 Å². The van der Waals surface area contributed by atoms with Gasteiger partial charge in [-0.05, 0) is 30.7 Å². The van der Waals surface area contributed by atoms with Crippen LogP contribution in [0.1, 0.15) is 16.8 Å². The van der Waals surface area contributed by atoms with Crippen LogP contribution in [0.25, 0.3) is 0 Å². The Labute approximate surface area is 116 Å². The second-order valence-electron chi connectivity index (χ2n) is 4.19. The van der Waals surface area contributed by atoms with Crippen LogP contribution in [0.2, 0.25) is 0 Å². The Bertz CT molecular complexity index is 596. The number of halogens is 1. The molecule has 0 aliphatic heterocycles. The standard InChI is InChI=1S/C14H14FN3S/c1-9-5-6-10(7-17-9)8-18-12-4-2-3-11(15)13(12)14(16)19/h2-7,18H,8H2,1H3,(H2,16,19). The Morgan fingerprint density at radius 3 is 2.79 bits per heavy atom. The summed E-state index contributed by atoms with van der Waals surface area (Å²) >= 11 is 4.87. The number of benzene rings is 1. The Morgan fingerprint density at radius 2 is 2.16 bits per heavy atom. The quantitative estimate of drug-likeness (QED) is 0.842. The second-order valence-corrected chi connectivity index (χ2v) is 4.63. The molecule has 1 heterocycles. The zero-order chi connectivity index (χ0) is 13.8. The first-order chi connectivity index (χ1) is 9.08. The third kappa shape index (κ3) is 3.26. The van der Waals surface area contributed by atoms with Crippen LogP contribution >= 0.6 is 12.2 Å². The molecular formula is C14H14FN3S. The van der Waals surface area contributed by atoms with Gasteiger partial charge in [0.15, 0.2) is 0 Å². The lowest BCUT2D eigenvalue weighted by Gasteiger charge is -2.11. The number of rotatable bonds is 4. The van der Waals surface area contributed by atoms with Gasteiger partial charge in [-0.3, -0.25) is 4.98 Å². The minimum Gasteiger partial charge on any atom is -0.389 e. The van der Waals surface area contributed by atoms with Crippen molar-refractivity contribution < 1.29 is 4.39 Å². The van der Waals surface area contributed by atoms with Crippen LogP contribution in [0.4, 0.5) is 10.1 Å². The van der Waals surface area contributed by atoms with Gasteiger partial charge in [-0.15, -0.1) is 0 Å². The fourth-order valence-electron chi connectivity index (χ4n) is 1.72. The molecule has 0 unspecified atom stereocenters. The third-order valence-corrected chi connectivity index (χ3v) is 2.92. The molecule has 0 atom stereocenters. The normalized spacial score (nSPS) is 10.2. The Balaban J connectivity index is 2.18. The van der Waals surface area contributed by atoms with E-state index < -0.39 is 5.82 Å². The van der Waals surface area contributed by atoms with Gasteiger partial charge in [0, 0.05) is 24.1 Å². The van der Waals surface area contributed by atoms with Crippen molar-refractivity contribution in [3.63, 3.8) is 0 Å². The number of aryl methyl sites for hydroxylation is 1. The largest absolute Gasteiger partial charge is 0.389 e. The van der Waals surface area contributed by atoms with Crippen molar-refractivity contribution in [2.24, 2.45) is 5.73 Å². The van der Waals surface area contributed by atoms with Crippen molar-refractivity contribution in [1.82, 2.24) is 4.98 Å². The summed E-state index contributed by atoms with van der Waals surface area (Å²) in [6, 6.07) is 8.60. The zero-order valence-electron chi connectivity index (χ0n) is 10.5. The van der Waals surface area contributed by atoms with Crippen molar-refractivity contribution in [3.05, 3.63) is 59.2 Å². The lowest BCUT2D eigenvalue weighted by Crippen LogP contribution is -2.15. The molecule has 0 amide bonds. The van der Waals surface area contributed by atoms with Gasteiger partial charge in [0.2, 0.25) is 0 Å². The number of pyridine rings is 1. The van der Waals surface area contributed by atoms with Crippen LogP contribution < -0.4 is 11.1 Å². The second kappa shape index (κ2) is 5.75. The smallest absolute Gasteiger partial charge is 0.135 e. The van der Waals surface area contributed by atoms with Gasteiger partial charge >= 0.3 is 0 Å². The summed E-state index contributed by atoms with van der Waals surface area (Å²) < 4.78 is 13.7. The van der Waals surface area contributed by atoms with Gasteiger partial charge in [0.05, 0.1) is 5.56 Å². The van der Waals surface area contributed by atoms with Gasteiger partial charge in [-0.25, -0.2) is 4.39 Å². The summed E-state index contributed by atoms with van der Waals surface area (Å²) in [7, 11) is 0. The monoisotopic (exact) mass is 275 g/mol. The Hall–Kier alpha value is -2.01. The molecule has 3 nitrogen and oxygen atoms in total. The zero-order valence-corrected chi connectivity index (χ0v) is 11.3. The maximum atomic E-state index is 13.7. The maximum Gasteiger partial charge on any atom is 0.135 e. The maximum absolute atomic E-state index is 13.7. The first kappa shape index (κ1) is 13.4. The molecule has 0 saturated carbocycles. The molecule has 3 N–H and O–H groups in total. The van der Waals surface area contributed by atoms with E-state index >= 15 is 0 Å². The first-order valence-corrected chi connectivity index (χ1v) is 6.22. The topological polar surface area (TPSA) is 50.9 Å². The third-order valence-electron chi connectivity index (χ3n) is 2.72. The minimum absolute atomic E-state index is 0.0441. The molecule has 0 aliphatic carbocycles. The summed E-state index contributed by atoms with van der Waals surface area (Å²) in [6.07, 6.45) is 1.78. The molecule has 0 fully saturated rings. The highest BCUT2D eigenvalue weighted by molar-refractivity contribution is 7.80. The minimum atomic E-state index is -0.417. The highest BCUT2D eigenvalue weighted by atomic mass is 32.1. The molecule has 0 spiro atoms. The molecule has 98 valence electrons. The van der Waals surface area contributed by atoms with Gasteiger partial charge in [-0.2, -0.15) is 0 Å². The van der Waals surface area contributed by atoms with Crippen LogP contribution in [0.15, 0.2) is 36.5 Å². The van der Waals surface area contributed by atoms with Crippen molar-refractivity contribution in [3.8, 4) is 0 Å². The van der Waals surface area contributed by atoms with E-state index in [-0.39, 0.29) is 10.6 Å². The summed E-state index contributed by atoms with van der Waals surface area (Å²) in [5.74, 6) is -0.417. The number of nitrogens with zero attached hydrogens (tertiary/aromatic N) is 1. The fourth-order valence-corrected chi connectivity index (χ4v) is 1.93. The van der Waals surface area contributed by atoms with Crippen LogP contribution in [0.5, 0.6) is 0 Å². The lowest BCUT2D eigenvalue weighted by molar-refractivity contribution is 0.626. The molecule has 0 bridgehead atoms. The van der Waals surface area contributed by atoms with E-state index in [4.69, 9.17) is 18.0 Å². The number of anilines is 1. The van der Waals surface area contributed by atoms with Crippen LogP contribution in [-0.4, -0.2) is 9.97 Å². The SMILES string of the molecule is Cc1ccc(CNc2cccc(F)c2C(N)=S)cn1. The van der Waals surface area contributed by atoms with Crippen molar-refractivity contribution >= 4 is 22.9 Å². The molecule has 0 aliphatic rings. The van der Waals surface area contributed by atoms with Crippen molar-refractivity contribution in [2.75, 3.05) is 5.32 Å². The summed E-state index contributed by atoms with van der Waals surface area (Å²) in [5.41, 5.74) is 8.34. The van der Waals surface area contributed by atoms with Crippen LogP contribution in [0, 0.1) is 12.7 Å².